The summed E-state index contributed by atoms with van der Waals surface area (Å²) in [6.07, 6.45) is 0. The van der Waals surface area contributed by atoms with Gasteiger partial charge in [0.15, 0.2) is 5.34 Å². The van der Waals surface area contributed by atoms with Gasteiger partial charge in [0.25, 0.3) is 0 Å². The zero-order valence-corrected chi connectivity index (χ0v) is 5.79. The molecule has 0 rings (SSSR count). The van der Waals surface area contributed by atoms with Crippen LogP contribution in [0.3, 0.4) is 0 Å². The van der Waals surface area contributed by atoms with Gasteiger partial charge in [0.2, 0.25) is 0 Å². The Hall–Kier alpha value is -0.580. The molecule has 0 aliphatic rings. The summed E-state index contributed by atoms with van der Waals surface area (Å²) in [6.45, 7) is 0. The summed E-state index contributed by atoms with van der Waals surface area (Å²) in [6, 6.07) is 0. The monoisotopic (exact) mass is 191 g/mol. The van der Waals surface area contributed by atoms with Gasteiger partial charge in [-0.05, 0) is 0 Å². The van der Waals surface area contributed by atoms with Gasteiger partial charge in [0, 0.05) is 0 Å². The van der Waals surface area contributed by atoms with Crippen LogP contribution in [0.15, 0.2) is 5.34 Å². The predicted molar refractivity (Wildman–Crippen MR) is 27.7 cm³/mol. The van der Waals surface area contributed by atoms with E-state index >= 15 is 0 Å². The highest BCUT2D eigenvalue weighted by Gasteiger charge is 2.17. The summed E-state index contributed by atoms with van der Waals surface area (Å²) in [5, 5.41) is 1.45. The first kappa shape index (κ1) is 9.42. The Morgan fingerprint density at radius 1 is 1.50 bits per heavy atom. The molecule has 8 nitrogen and oxygen atoms in total. The first-order valence-corrected chi connectivity index (χ1v) is 3.91. The molecule has 10 heavy (non-hydrogen) atoms. The van der Waals surface area contributed by atoms with Crippen molar-refractivity contribution < 1.29 is 25.1 Å². The molecule has 0 aliphatic carbocycles. The largest absolute Gasteiger partial charge is 0.486 e. The highest BCUT2D eigenvalue weighted by molar-refractivity contribution is 7.92. The van der Waals surface area contributed by atoms with Crippen LogP contribution in [-0.4, -0.2) is 17.2 Å². The highest BCUT2D eigenvalue weighted by Crippen LogP contribution is 1.96. The Morgan fingerprint density at radius 2 is 2.00 bits per heavy atom. The fraction of sp³-hybridized carbons (Fsp3) is 0. The minimum absolute atomic E-state index is 1.45. The van der Waals surface area contributed by atoms with Crippen LogP contribution in [0.25, 0.3) is 0 Å². The number of hydrogen-bond donors (Lipinski definition) is 1. The number of nitrogens with zero attached hydrogens (tertiary/aromatic N) is 1. The molecule has 0 fully saturated rings. The molecule has 0 saturated heterocycles. The van der Waals surface area contributed by atoms with Crippen molar-refractivity contribution in [3.63, 3.8) is 0 Å². The summed E-state index contributed by atoms with van der Waals surface area (Å²) < 4.78 is 43.4. The van der Waals surface area contributed by atoms with Crippen LogP contribution in [0.2, 0.25) is 0 Å². The van der Waals surface area contributed by atoms with Crippen LogP contribution in [0, 0.1) is 4.91 Å². The molecule has 0 heterocycles. The molecule has 0 saturated carbocycles. The second-order valence-corrected chi connectivity index (χ2v) is 2.79. The molecule has 10 heteroatoms. The fourth-order valence-electron chi connectivity index (χ4n) is 0.121. The Morgan fingerprint density at radius 3 is 2.30 bits per heavy atom. The number of hydrogen-bond acceptors (Lipinski definition) is 7. The van der Waals surface area contributed by atoms with Gasteiger partial charge in [0.05, 0.1) is 0 Å². The Bertz CT molecular complexity index is 224. The molecule has 1 unspecified atom stereocenters. The van der Waals surface area contributed by atoms with Gasteiger partial charge in [-0.15, -0.1) is 8.54 Å². The molecule has 1 atom stereocenters. The van der Waals surface area contributed by atoms with E-state index in [1.165, 1.54) is 5.34 Å². The molecular formula is HNO7S2. The SMILES string of the molecule is O=NOS(=O)(=O)OS(=O)O. The maximum Gasteiger partial charge on any atom is 0.486 e. The quantitative estimate of drug-likeness (QED) is 0.346. The van der Waals surface area contributed by atoms with Gasteiger partial charge in [0.1, 0.15) is 0 Å². The molecular weight excluding hydrogens is 190 g/mol. The average molecular weight is 191 g/mol. The molecule has 0 bridgehead atoms. The smallest absolute Gasteiger partial charge is 0.283 e. The van der Waals surface area contributed by atoms with Gasteiger partial charge < -0.3 is 0 Å². The van der Waals surface area contributed by atoms with Crippen molar-refractivity contribution in [1.82, 2.24) is 0 Å². The lowest BCUT2D eigenvalue weighted by molar-refractivity contribution is 0.282. The van der Waals surface area contributed by atoms with E-state index in [2.05, 4.69) is 7.91 Å². The molecule has 60 valence electrons. The van der Waals surface area contributed by atoms with Gasteiger partial charge in [-0.3, -0.25) is 4.55 Å². The third-order valence-corrected chi connectivity index (χ3v) is 1.64. The Kier molecular flexibility index (Phi) is 3.35. The lowest BCUT2D eigenvalue weighted by atomic mass is 13.4. The molecule has 0 aromatic heterocycles. The summed E-state index contributed by atoms with van der Waals surface area (Å²) >= 11 is -3.05. The average Bonchev–Trinajstić information content (AvgIpc) is 1.59. The third-order valence-electron chi connectivity index (χ3n) is 0.263. The van der Waals surface area contributed by atoms with Gasteiger partial charge >= 0.3 is 21.8 Å². The number of rotatable bonds is 4. The van der Waals surface area contributed by atoms with Gasteiger partial charge in [-0.2, -0.15) is 12.6 Å². The molecule has 0 radical (unpaired) electrons. The molecule has 0 spiro atoms. The van der Waals surface area contributed by atoms with E-state index in [-0.39, 0.29) is 0 Å². The Balaban J connectivity index is 4.14. The van der Waals surface area contributed by atoms with Crippen molar-refractivity contribution in [3.05, 3.63) is 4.91 Å². The van der Waals surface area contributed by atoms with Crippen LogP contribution in [0.1, 0.15) is 0 Å². The maximum atomic E-state index is 9.95. The summed E-state index contributed by atoms with van der Waals surface area (Å²) in [4.78, 5) is 9.09. The maximum absolute atomic E-state index is 9.95. The molecule has 0 aromatic rings. The molecule has 0 aromatic carbocycles. The topological polar surface area (TPSA) is 119 Å². The third kappa shape index (κ3) is 4.31. The highest BCUT2D eigenvalue weighted by atomic mass is 32.3. The molecule has 1 N–H and O–H groups in total. The lowest BCUT2D eigenvalue weighted by Gasteiger charge is -1.91. The van der Waals surface area contributed by atoms with Crippen molar-refractivity contribution >= 4 is 21.8 Å². The Labute approximate surface area is 57.9 Å². The van der Waals surface area contributed by atoms with E-state index in [1.807, 2.05) is 0 Å². The van der Waals surface area contributed by atoms with Crippen LogP contribution < -0.4 is 0 Å². The van der Waals surface area contributed by atoms with E-state index in [9.17, 15) is 12.6 Å². The zero-order valence-electron chi connectivity index (χ0n) is 4.16. The minimum Gasteiger partial charge on any atom is -0.283 e. The molecule has 0 amide bonds. The van der Waals surface area contributed by atoms with Crippen molar-refractivity contribution in [1.29, 1.82) is 0 Å². The van der Waals surface area contributed by atoms with E-state index in [4.69, 9.17) is 9.46 Å². The van der Waals surface area contributed by atoms with Crippen molar-refractivity contribution in [2.24, 2.45) is 5.34 Å². The van der Waals surface area contributed by atoms with E-state index in [1.54, 1.807) is 0 Å². The predicted octanol–water partition coefficient (Wildman–Crippen LogP) is -0.917. The van der Waals surface area contributed by atoms with E-state index < -0.39 is 21.8 Å². The van der Waals surface area contributed by atoms with Crippen molar-refractivity contribution in [2.45, 2.75) is 0 Å². The van der Waals surface area contributed by atoms with Crippen molar-refractivity contribution in [3.8, 4) is 0 Å². The van der Waals surface area contributed by atoms with Crippen LogP contribution in [0.4, 0.5) is 0 Å². The van der Waals surface area contributed by atoms with E-state index in [0.29, 0.717) is 0 Å². The fourth-order valence-corrected chi connectivity index (χ4v) is 0.865. The minimum atomic E-state index is -4.76. The van der Waals surface area contributed by atoms with Crippen LogP contribution in [0.5, 0.6) is 0 Å². The summed E-state index contributed by atoms with van der Waals surface area (Å²) in [5.41, 5.74) is 0. The first-order chi connectivity index (χ1) is 4.48. The van der Waals surface area contributed by atoms with E-state index in [0.717, 1.165) is 0 Å². The first-order valence-electron chi connectivity index (χ1n) is 1.55. The normalized spacial score (nSPS) is 14.1. The lowest BCUT2D eigenvalue weighted by Crippen LogP contribution is -2.07. The van der Waals surface area contributed by atoms with Crippen LogP contribution in [-0.2, 0) is 29.7 Å². The standard InChI is InChI=1S/HNO7S2/c2-1-7-10(5,6)8-9(3)4/h(H,3,4). The van der Waals surface area contributed by atoms with Crippen LogP contribution >= 0.6 is 0 Å². The molecule has 0 aliphatic heterocycles. The van der Waals surface area contributed by atoms with Crippen molar-refractivity contribution in [2.75, 3.05) is 0 Å². The van der Waals surface area contributed by atoms with Gasteiger partial charge in [-0.25, -0.2) is 4.28 Å². The zero-order chi connectivity index (χ0) is 8.20. The summed E-state index contributed by atoms with van der Waals surface area (Å²) in [5.74, 6) is 0. The second-order valence-electron chi connectivity index (χ2n) is 0.842. The second kappa shape index (κ2) is 3.55. The summed E-state index contributed by atoms with van der Waals surface area (Å²) in [7, 11) is -4.76. The van der Waals surface area contributed by atoms with Gasteiger partial charge in [-0.1, -0.05) is 0 Å².